The first-order valence-electron chi connectivity index (χ1n) is 7.64. The van der Waals surface area contributed by atoms with Gasteiger partial charge in [0.1, 0.15) is 11.2 Å². The second-order valence-corrected chi connectivity index (χ2v) is 6.17. The van der Waals surface area contributed by atoms with Crippen LogP contribution < -0.4 is 19.1 Å². The lowest BCUT2D eigenvalue weighted by atomic mass is 9.76. The maximum absolute atomic E-state index is 13.4. The number of ether oxygens (including phenoxy) is 3. The van der Waals surface area contributed by atoms with E-state index in [0.29, 0.717) is 5.56 Å². The molecule has 5 nitrogen and oxygen atoms in total. The molecule has 0 saturated carbocycles. The summed E-state index contributed by atoms with van der Waals surface area (Å²) >= 11 is 0. The van der Waals surface area contributed by atoms with Crippen molar-refractivity contribution in [2.24, 2.45) is 0 Å². The Hall–Kier alpha value is -2.83. The van der Waals surface area contributed by atoms with E-state index in [4.69, 9.17) is 4.74 Å². The van der Waals surface area contributed by atoms with Crippen LogP contribution in [0.3, 0.4) is 0 Å². The van der Waals surface area contributed by atoms with Crippen LogP contribution in [0.2, 0.25) is 0 Å². The first kappa shape index (κ1) is 15.7. The third-order valence-electron chi connectivity index (χ3n) is 4.80. The molecule has 0 saturated heterocycles. The Labute approximate surface area is 142 Å². The number of hydrogen-bond donors (Lipinski definition) is 0. The highest BCUT2D eigenvalue weighted by atomic mass is 19.3. The molecule has 1 atom stereocenters. The number of alkyl halides is 2. The molecule has 25 heavy (non-hydrogen) atoms. The van der Waals surface area contributed by atoms with Gasteiger partial charge in [-0.05, 0) is 24.6 Å². The molecule has 0 fully saturated rings. The third-order valence-corrected chi connectivity index (χ3v) is 4.80. The zero-order chi connectivity index (χ0) is 18.0. The van der Waals surface area contributed by atoms with Crippen LogP contribution in [0.25, 0.3) is 0 Å². The second-order valence-electron chi connectivity index (χ2n) is 6.17. The zero-order valence-corrected chi connectivity index (χ0v) is 13.8. The van der Waals surface area contributed by atoms with Crippen LogP contribution in [0.5, 0.6) is 17.2 Å². The van der Waals surface area contributed by atoms with E-state index in [2.05, 4.69) is 9.47 Å². The summed E-state index contributed by atoms with van der Waals surface area (Å²) in [7, 11) is 3.09. The van der Waals surface area contributed by atoms with Crippen LogP contribution in [0.1, 0.15) is 18.1 Å². The Morgan fingerprint density at radius 2 is 1.72 bits per heavy atom. The number of nitrogens with zero attached hydrogens (tertiary/aromatic N) is 1. The van der Waals surface area contributed by atoms with Crippen LogP contribution in [-0.2, 0) is 10.2 Å². The zero-order valence-electron chi connectivity index (χ0n) is 13.8. The number of likely N-dealkylation sites (N-methyl/N-ethyl adjacent to an activating group) is 1. The Kier molecular flexibility index (Phi) is 3.04. The molecule has 2 aliphatic heterocycles. The maximum atomic E-state index is 13.4. The lowest BCUT2D eigenvalue weighted by Gasteiger charge is -2.26. The number of anilines is 1. The van der Waals surface area contributed by atoms with Crippen LogP contribution in [0, 0.1) is 0 Å². The van der Waals surface area contributed by atoms with Gasteiger partial charge in [0.05, 0.1) is 7.11 Å². The van der Waals surface area contributed by atoms with Gasteiger partial charge in [-0.3, -0.25) is 4.79 Å². The summed E-state index contributed by atoms with van der Waals surface area (Å²) in [5.41, 5.74) is 0.885. The monoisotopic (exact) mass is 347 g/mol. The number of amides is 1. The smallest absolute Gasteiger partial charge is 0.496 e. The number of halogens is 2. The standard InChI is InChI=1S/C18H15F2NO4/c1-17(10-6-4-5-7-12(10)21(2)16(17)22)11-8-14-15(9-13(11)23-3)25-18(19,20)24-14/h4-9H,1-3H3. The fourth-order valence-corrected chi connectivity index (χ4v) is 3.55. The fraction of sp³-hybridized carbons (Fsp3) is 0.278. The summed E-state index contributed by atoms with van der Waals surface area (Å²) in [6.45, 7) is 1.75. The number of carbonyl (C=O) groups excluding carboxylic acids is 1. The molecule has 130 valence electrons. The highest BCUT2D eigenvalue weighted by molar-refractivity contribution is 6.10. The largest absolute Gasteiger partial charge is 0.586 e. The van der Waals surface area contributed by atoms with Gasteiger partial charge >= 0.3 is 6.29 Å². The van der Waals surface area contributed by atoms with E-state index in [1.165, 1.54) is 19.2 Å². The Morgan fingerprint density at radius 1 is 1.08 bits per heavy atom. The number of carbonyl (C=O) groups is 1. The van der Waals surface area contributed by atoms with Gasteiger partial charge in [-0.1, -0.05) is 18.2 Å². The minimum absolute atomic E-state index is 0.123. The molecule has 2 aromatic rings. The maximum Gasteiger partial charge on any atom is 0.586 e. The predicted octanol–water partition coefficient (Wildman–Crippen LogP) is 3.30. The average Bonchev–Trinajstić information content (AvgIpc) is 3.00. The van der Waals surface area contributed by atoms with Crippen molar-refractivity contribution in [2.45, 2.75) is 18.6 Å². The van der Waals surface area contributed by atoms with E-state index in [0.717, 1.165) is 11.3 Å². The summed E-state index contributed by atoms with van der Waals surface area (Å²) in [4.78, 5) is 14.6. The molecule has 7 heteroatoms. The van der Waals surface area contributed by atoms with Gasteiger partial charge < -0.3 is 19.1 Å². The summed E-state index contributed by atoms with van der Waals surface area (Å²) < 4.78 is 41.2. The van der Waals surface area contributed by atoms with Gasteiger partial charge in [0.15, 0.2) is 11.5 Å². The lowest BCUT2D eigenvalue weighted by molar-refractivity contribution is -0.286. The average molecular weight is 347 g/mol. The minimum atomic E-state index is -3.73. The van der Waals surface area contributed by atoms with E-state index in [9.17, 15) is 13.6 Å². The normalized spacial score (nSPS) is 22.9. The van der Waals surface area contributed by atoms with Crippen LogP contribution in [0.15, 0.2) is 36.4 Å². The van der Waals surface area contributed by atoms with Gasteiger partial charge in [-0.25, -0.2) is 0 Å². The van der Waals surface area contributed by atoms with Gasteiger partial charge in [0, 0.05) is 24.4 Å². The topological polar surface area (TPSA) is 48.0 Å². The first-order valence-corrected chi connectivity index (χ1v) is 7.64. The van der Waals surface area contributed by atoms with Crippen LogP contribution >= 0.6 is 0 Å². The van der Waals surface area contributed by atoms with Crippen molar-refractivity contribution in [3.05, 3.63) is 47.5 Å². The van der Waals surface area contributed by atoms with E-state index in [1.807, 2.05) is 24.3 Å². The molecular formula is C18H15F2NO4. The summed E-state index contributed by atoms with van der Waals surface area (Å²) in [6.07, 6.45) is -3.73. The van der Waals surface area contributed by atoms with Crippen molar-refractivity contribution in [2.75, 3.05) is 19.1 Å². The highest BCUT2D eigenvalue weighted by Gasteiger charge is 2.51. The molecule has 0 aromatic heterocycles. The minimum Gasteiger partial charge on any atom is -0.496 e. The van der Waals surface area contributed by atoms with Gasteiger partial charge in [0.25, 0.3) is 0 Å². The molecule has 0 bridgehead atoms. The van der Waals surface area contributed by atoms with E-state index in [1.54, 1.807) is 18.9 Å². The van der Waals surface area contributed by atoms with E-state index >= 15 is 0 Å². The van der Waals surface area contributed by atoms with Gasteiger partial charge in [0.2, 0.25) is 5.91 Å². The molecule has 1 unspecified atom stereocenters. The van der Waals surface area contributed by atoms with Crippen LogP contribution in [0.4, 0.5) is 14.5 Å². The quantitative estimate of drug-likeness (QED) is 0.836. The highest BCUT2D eigenvalue weighted by Crippen LogP contribution is 2.52. The molecule has 2 aromatic carbocycles. The van der Waals surface area contributed by atoms with Crippen molar-refractivity contribution in [1.29, 1.82) is 0 Å². The molecule has 4 rings (SSSR count). The van der Waals surface area contributed by atoms with E-state index in [-0.39, 0.29) is 23.2 Å². The molecule has 0 radical (unpaired) electrons. The number of para-hydroxylation sites is 1. The van der Waals surface area contributed by atoms with Crippen molar-refractivity contribution in [3.63, 3.8) is 0 Å². The molecule has 0 N–H and O–H groups in total. The lowest BCUT2D eigenvalue weighted by Crippen LogP contribution is -2.37. The summed E-state index contributed by atoms with van der Waals surface area (Å²) in [5.74, 6) is -0.151. The number of methoxy groups -OCH3 is 1. The molecule has 1 amide bonds. The van der Waals surface area contributed by atoms with Gasteiger partial charge in [-0.15, -0.1) is 8.78 Å². The Morgan fingerprint density at radius 3 is 2.40 bits per heavy atom. The number of hydrogen-bond acceptors (Lipinski definition) is 4. The Bertz CT molecular complexity index is 899. The number of rotatable bonds is 2. The summed E-state index contributed by atoms with van der Waals surface area (Å²) in [6, 6.07) is 10.1. The van der Waals surface area contributed by atoms with Crippen molar-refractivity contribution >= 4 is 11.6 Å². The van der Waals surface area contributed by atoms with Crippen molar-refractivity contribution < 1.29 is 27.8 Å². The SMILES string of the molecule is COc1cc2c(cc1C1(C)C(=O)N(C)c3ccccc31)OC(F)(F)O2. The number of fused-ring (bicyclic) bond motifs is 2. The molecular weight excluding hydrogens is 332 g/mol. The summed E-state index contributed by atoms with van der Waals surface area (Å²) in [5, 5.41) is 0. The molecule has 0 aliphatic carbocycles. The molecule has 2 heterocycles. The number of benzene rings is 2. The van der Waals surface area contributed by atoms with E-state index < -0.39 is 11.7 Å². The van der Waals surface area contributed by atoms with Crippen molar-refractivity contribution in [1.82, 2.24) is 0 Å². The van der Waals surface area contributed by atoms with Crippen molar-refractivity contribution in [3.8, 4) is 17.2 Å². The second kappa shape index (κ2) is 4.84. The molecule has 0 spiro atoms. The molecule has 2 aliphatic rings. The third kappa shape index (κ3) is 2.01. The van der Waals surface area contributed by atoms with Gasteiger partial charge in [-0.2, -0.15) is 0 Å². The van der Waals surface area contributed by atoms with Crippen LogP contribution in [-0.4, -0.2) is 26.4 Å². The Balaban J connectivity index is 1.95. The predicted molar refractivity (Wildman–Crippen MR) is 85.5 cm³/mol. The fourth-order valence-electron chi connectivity index (χ4n) is 3.55. The first-order chi connectivity index (χ1) is 11.8.